The van der Waals surface area contributed by atoms with Gasteiger partial charge in [0.2, 0.25) is 0 Å². The van der Waals surface area contributed by atoms with E-state index in [1.165, 1.54) is 37.3 Å². The van der Waals surface area contributed by atoms with E-state index in [1.807, 2.05) is 23.0 Å². The molecule has 2 aromatic heterocycles. The minimum atomic E-state index is 1.10. The fourth-order valence-electron chi connectivity index (χ4n) is 2.50. The molecule has 90 valence electrons. The fourth-order valence-corrected chi connectivity index (χ4v) is 2.50. The van der Waals surface area contributed by atoms with Crippen LogP contribution >= 0.6 is 0 Å². The predicted octanol–water partition coefficient (Wildman–Crippen LogP) is -0.335. The molecule has 0 aromatic carbocycles. The normalized spacial score (nSPS) is 18.9. The average Bonchev–Trinajstić information content (AvgIpc) is 2.76. The second-order valence-corrected chi connectivity index (χ2v) is 4.93. The number of pyridine rings is 1. The summed E-state index contributed by atoms with van der Waals surface area (Å²) in [5.74, 6) is 0. The lowest BCUT2D eigenvalue weighted by Gasteiger charge is -2.29. The van der Waals surface area contributed by atoms with Crippen molar-refractivity contribution in [2.45, 2.75) is 6.54 Å². The molecule has 0 unspecified atom stereocenters. The van der Waals surface area contributed by atoms with Crippen LogP contribution in [0, 0.1) is 0 Å². The summed E-state index contributed by atoms with van der Waals surface area (Å²) in [4.78, 5) is 4.07. The molecule has 3 heterocycles. The number of hydrogen-bond donors (Lipinski definition) is 1. The van der Waals surface area contributed by atoms with Crippen molar-refractivity contribution >= 4 is 5.52 Å². The van der Waals surface area contributed by atoms with Crippen LogP contribution in [0.3, 0.4) is 0 Å². The zero-order valence-corrected chi connectivity index (χ0v) is 10.3. The molecule has 0 aliphatic carbocycles. The lowest BCUT2D eigenvalue weighted by atomic mass is 10.2. The quantitative estimate of drug-likeness (QED) is 0.765. The van der Waals surface area contributed by atoms with E-state index in [9.17, 15) is 0 Å². The van der Waals surface area contributed by atoms with Crippen LogP contribution in [0.15, 0.2) is 30.6 Å². The van der Waals surface area contributed by atoms with E-state index in [0.29, 0.717) is 0 Å². The van der Waals surface area contributed by atoms with Crippen LogP contribution in [0.2, 0.25) is 0 Å². The largest absolute Gasteiger partial charge is 0.329 e. The van der Waals surface area contributed by atoms with Crippen LogP contribution in [0.1, 0.15) is 5.56 Å². The minimum Gasteiger partial charge on any atom is -0.329 e. The Morgan fingerprint density at radius 3 is 2.94 bits per heavy atom. The summed E-state index contributed by atoms with van der Waals surface area (Å²) < 4.78 is 1.96. The van der Waals surface area contributed by atoms with Gasteiger partial charge < -0.3 is 4.90 Å². The Labute approximate surface area is 101 Å². The highest BCUT2D eigenvalue weighted by atomic mass is 15.3. The van der Waals surface area contributed by atoms with Gasteiger partial charge in [0.1, 0.15) is 6.54 Å². The van der Waals surface area contributed by atoms with E-state index >= 15 is 0 Å². The molecule has 0 saturated carbocycles. The number of likely N-dealkylation sites (N-methyl/N-ethyl adjacent to an activating group) is 1. The molecule has 0 radical (unpaired) electrons. The van der Waals surface area contributed by atoms with Gasteiger partial charge in [-0.05, 0) is 19.2 Å². The predicted molar refractivity (Wildman–Crippen MR) is 67.1 cm³/mol. The molecule has 0 spiro atoms. The Morgan fingerprint density at radius 1 is 1.29 bits per heavy atom. The summed E-state index contributed by atoms with van der Waals surface area (Å²) in [6.45, 7) is 5.98. The molecule has 2 aromatic rings. The zero-order valence-electron chi connectivity index (χ0n) is 10.3. The number of hydrogen-bond acceptors (Lipinski definition) is 2. The van der Waals surface area contributed by atoms with Gasteiger partial charge in [-0.15, -0.1) is 0 Å². The molecular formula is C13H19N4+. The molecule has 4 nitrogen and oxygen atoms in total. The Hall–Kier alpha value is -1.39. The highest BCUT2D eigenvalue weighted by molar-refractivity contribution is 5.52. The van der Waals surface area contributed by atoms with Crippen molar-refractivity contribution < 1.29 is 4.90 Å². The van der Waals surface area contributed by atoms with Crippen molar-refractivity contribution in [3.8, 4) is 0 Å². The lowest BCUT2D eigenvalue weighted by molar-refractivity contribution is -0.917. The number of aromatic nitrogens is 2. The van der Waals surface area contributed by atoms with Gasteiger partial charge >= 0.3 is 0 Å². The Morgan fingerprint density at radius 2 is 2.12 bits per heavy atom. The van der Waals surface area contributed by atoms with Gasteiger partial charge in [0.15, 0.2) is 0 Å². The molecule has 0 amide bonds. The molecule has 1 aliphatic rings. The van der Waals surface area contributed by atoms with Crippen LogP contribution in [0.5, 0.6) is 0 Å². The Balaban J connectivity index is 1.76. The molecule has 3 rings (SSSR count). The van der Waals surface area contributed by atoms with Crippen LogP contribution in [0.4, 0.5) is 0 Å². The third-order valence-electron chi connectivity index (χ3n) is 3.64. The molecule has 17 heavy (non-hydrogen) atoms. The van der Waals surface area contributed by atoms with Gasteiger partial charge in [-0.3, -0.25) is 4.90 Å². The maximum Gasteiger partial charge on any atom is 0.107 e. The molecule has 4 heteroatoms. The summed E-state index contributed by atoms with van der Waals surface area (Å²) in [5, 5.41) is 4.39. The van der Waals surface area contributed by atoms with Crippen molar-refractivity contribution in [3.05, 3.63) is 36.2 Å². The Kier molecular flexibility index (Phi) is 2.82. The van der Waals surface area contributed by atoms with Crippen molar-refractivity contribution in [2.75, 3.05) is 33.2 Å². The van der Waals surface area contributed by atoms with Crippen LogP contribution in [-0.4, -0.2) is 47.7 Å². The minimum absolute atomic E-state index is 1.10. The van der Waals surface area contributed by atoms with E-state index in [0.717, 1.165) is 6.54 Å². The summed E-state index contributed by atoms with van der Waals surface area (Å²) in [6, 6.07) is 6.25. The van der Waals surface area contributed by atoms with E-state index in [2.05, 4.69) is 29.2 Å². The number of quaternary nitrogens is 1. The highest BCUT2D eigenvalue weighted by Gasteiger charge is 2.18. The van der Waals surface area contributed by atoms with Gasteiger partial charge in [-0.2, -0.15) is 5.10 Å². The van der Waals surface area contributed by atoms with E-state index < -0.39 is 0 Å². The van der Waals surface area contributed by atoms with Crippen molar-refractivity contribution in [2.24, 2.45) is 0 Å². The van der Waals surface area contributed by atoms with E-state index in [4.69, 9.17) is 0 Å². The topological polar surface area (TPSA) is 25.0 Å². The maximum atomic E-state index is 4.39. The third kappa shape index (κ3) is 2.18. The van der Waals surface area contributed by atoms with Gasteiger partial charge in [0.05, 0.1) is 30.4 Å². The fraction of sp³-hybridized carbons (Fsp3) is 0.462. The smallest absolute Gasteiger partial charge is 0.107 e. The van der Waals surface area contributed by atoms with E-state index in [-0.39, 0.29) is 0 Å². The first-order valence-electron chi connectivity index (χ1n) is 6.26. The Bertz CT molecular complexity index is 497. The third-order valence-corrected chi connectivity index (χ3v) is 3.64. The number of fused-ring (bicyclic) bond motifs is 1. The average molecular weight is 231 g/mol. The van der Waals surface area contributed by atoms with Crippen LogP contribution in [0.25, 0.3) is 5.52 Å². The molecule has 1 N–H and O–H groups in total. The van der Waals surface area contributed by atoms with Gasteiger partial charge in [-0.1, -0.05) is 6.07 Å². The second-order valence-electron chi connectivity index (χ2n) is 4.93. The molecule has 1 aliphatic heterocycles. The van der Waals surface area contributed by atoms with Crippen molar-refractivity contribution in [3.63, 3.8) is 0 Å². The molecule has 1 saturated heterocycles. The molecular weight excluding hydrogens is 212 g/mol. The van der Waals surface area contributed by atoms with Crippen molar-refractivity contribution in [1.29, 1.82) is 0 Å². The zero-order chi connectivity index (χ0) is 11.7. The lowest BCUT2D eigenvalue weighted by Crippen LogP contribution is -3.13. The molecule has 0 bridgehead atoms. The first-order chi connectivity index (χ1) is 8.33. The SMILES string of the molecule is CN1CC[NH+](Cc2cnn3ccccc23)CC1. The number of piperazine rings is 1. The maximum absolute atomic E-state index is 4.39. The first kappa shape index (κ1) is 10.7. The number of rotatable bonds is 2. The van der Waals surface area contributed by atoms with Gasteiger partial charge in [0.25, 0.3) is 0 Å². The summed E-state index contributed by atoms with van der Waals surface area (Å²) in [5.41, 5.74) is 2.61. The number of nitrogens with one attached hydrogen (secondary N) is 1. The molecule has 0 atom stereocenters. The first-order valence-corrected chi connectivity index (χ1v) is 6.26. The monoisotopic (exact) mass is 231 g/mol. The highest BCUT2D eigenvalue weighted by Crippen LogP contribution is 2.08. The van der Waals surface area contributed by atoms with Gasteiger partial charge in [-0.25, -0.2) is 4.52 Å². The standard InChI is InChI=1S/C13H18N4/c1-15-6-8-16(9-7-15)11-12-10-14-17-5-3-2-4-13(12)17/h2-5,10H,6-9,11H2,1H3/p+1. The van der Waals surface area contributed by atoms with Crippen LogP contribution < -0.4 is 4.90 Å². The van der Waals surface area contributed by atoms with Crippen LogP contribution in [-0.2, 0) is 6.54 Å². The van der Waals surface area contributed by atoms with Gasteiger partial charge in [0, 0.05) is 19.3 Å². The molecule has 1 fully saturated rings. The van der Waals surface area contributed by atoms with Crippen molar-refractivity contribution in [1.82, 2.24) is 14.5 Å². The second kappa shape index (κ2) is 4.47. The van der Waals surface area contributed by atoms with E-state index in [1.54, 1.807) is 4.90 Å². The summed E-state index contributed by atoms with van der Waals surface area (Å²) in [6.07, 6.45) is 4.03. The summed E-state index contributed by atoms with van der Waals surface area (Å²) >= 11 is 0. The summed E-state index contributed by atoms with van der Waals surface area (Å²) in [7, 11) is 2.20. The number of nitrogens with zero attached hydrogens (tertiary/aromatic N) is 3.